The SMILES string of the molecule is C=CC(N)=O.N=C=O. The average Bonchev–Trinajstić information content (AvgIpc) is 1.69. The molecule has 0 bridgehead atoms. The van der Waals surface area contributed by atoms with Crippen LogP contribution in [0, 0.1) is 5.41 Å². The van der Waals surface area contributed by atoms with Crippen LogP contribution in [0.3, 0.4) is 0 Å². The van der Waals surface area contributed by atoms with Crippen molar-refractivity contribution in [3.05, 3.63) is 12.7 Å². The summed E-state index contributed by atoms with van der Waals surface area (Å²) in [4.78, 5) is 17.8. The molecule has 44 valence electrons. The van der Waals surface area contributed by atoms with Gasteiger partial charge in [0.15, 0.2) is 0 Å². The Morgan fingerprint density at radius 2 is 2.00 bits per heavy atom. The van der Waals surface area contributed by atoms with Crippen LogP contribution in [-0.4, -0.2) is 12.0 Å². The van der Waals surface area contributed by atoms with E-state index in [1.54, 1.807) is 0 Å². The summed E-state index contributed by atoms with van der Waals surface area (Å²) >= 11 is 0. The van der Waals surface area contributed by atoms with Gasteiger partial charge in [0.05, 0.1) is 0 Å². The lowest BCUT2D eigenvalue weighted by Gasteiger charge is -1.65. The molecular formula is C4H6N2O2. The predicted molar refractivity (Wildman–Crippen MR) is 27.8 cm³/mol. The molecule has 0 saturated carbocycles. The van der Waals surface area contributed by atoms with Crippen molar-refractivity contribution in [1.82, 2.24) is 0 Å². The summed E-state index contributed by atoms with van der Waals surface area (Å²) in [5.74, 6) is -0.481. The first-order valence-electron chi connectivity index (χ1n) is 1.64. The van der Waals surface area contributed by atoms with Crippen LogP contribution in [0.5, 0.6) is 0 Å². The van der Waals surface area contributed by atoms with Gasteiger partial charge in [-0.15, -0.1) is 0 Å². The van der Waals surface area contributed by atoms with Gasteiger partial charge < -0.3 is 5.73 Å². The zero-order valence-corrected chi connectivity index (χ0v) is 4.18. The Morgan fingerprint density at radius 3 is 2.00 bits per heavy atom. The van der Waals surface area contributed by atoms with Crippen molar-refractivity contribution in [1.29, 1.82) is 5.41 Å². The third-order valence-electron chi connectivity index (χ3n) is 0.201. The molecule has 8 heavy (non-hydrogen) atoms. The molecule has 0 spiro atoms. The molecule has 0 aliphatic rings. The maximum Gasteiger partial charge on any atom is 0.240 e. The molecule has 0 fully saturated rings. The number of amides is 1. The minimum absolute atomic E-state index is 0.481. The Kier molecular flexibility index (Phi) is 11.2. The quantitative estimate of drug-likeness (QED) is 0.275. The second kappa shape index (κ2) is 9.14. The van der Waals surface area contributed by atoms with Crippen molar-refractivity contribution < 1.29 is 9.59 Å². The highest BCUT2D eigenvalue weighted by molar-refractivity contribution is 5.84. The lowest BCUT2D eigenvalue weighted by Crippen LogP contribution is -2.04. The van der Waals surface area contributed by atoms with Gasteiger partial charge in [-0.05, 0) is 6.08 Å². The normalized spacial score (nSPS) is 5.00. The summed E-state index contributed by atoms with van der Waals surface area (Å²) < 4.78 is 0. The Labute approximate surface area is 46.5 Å². The van der Waals surface area contributed by atoms with Crippen molar-refractivity contribution >= 4 is 12.0 Å². The van der Waals surface area contributed by atoms with E-state index in [-0.39, 0.29) is 0 Å². The largest absolute Gasteiger partial charge is 0.366 e. The topological polar surface area (TPSA) is 84.0 Å². The summed E-state index contributed by atoms with van der Waals surface area (Å²) in [5, 5.41) is 5.40. The highest BCUT2D eigenvalue weighted by Crippen LogP contribution is 1.48. The van der Waals surface area contributed by atoms with Gasteiger partial charge in [-0.25, -0.2) is 10.2 Å². The Hall–Kier alpha value is -1.41. The summed E-state index contributed by atoms with van der Waals surface area (Å²) in [6.45, 7) is 3.09. The third kappa shape index (κ3) is 170. The van der Waals surface area contributed by atoms with Gasteiger partial charge in [-0.1, -0.05) is 6.58 Å². The van der Waals surface area contributed by atoms with Crippen LogP contribution in [0.1, 0.15) is 0 Å². The van der Waals surface area contributed by atoms with Gasteiger partial charge >= 0.3 is 0 Å². The predicted octanol–water partition coefficient (Wildman–Crippen LogP) is -0.441. The van der Waals surface area contributed by atoms with Crippen LogP contribution >= 0.6 is 0 Å². The molecule has 0 aromatic rings. The minimum Gasteiger partial charge on any atom is -0.366 e. The monoisotopic (exact) mass is 114 g/mol. The van der Waals surface area contributed by atoms with E-state index in [0.717, 1.165) is 12.2 Å². The second-order valence-corrected chi connectivity index (χ2v) is 0.709. The van der Waals surface area contributed by atoms with E-state index in [1.165, 1.54) is 0 Å². The van der Waals surface area contributed by atoms with Gasteiger partial charge in [-0.3, -0.25) is 4.79 Å². The van der Waals surface area contributed by atoms with Crippen LogP contribution < -0.4 is 5.73 Å². The number of carbonyl (C=O) groups is 1. The van der Waals surface area contributed by atoms with Gasteiger partial charge in [0.25, 0.3) is 0 Å². The fourth-order valence-corrected chi connectivity index (χ4v) is 0. The van der Waals surface area contributed by atoms with Gasteiger partial charge in [-0.2, -0.15) is 0 Å². The maximum atomic E-state index is 9.47. The molecule has 4 nitrogen and oxygen atoms in total. The lowest BCUT2D eigenvalue weighted by atomic mass is 10.6. The summed E-state index contributed by atoms with van der Waals surface area (Å²) in [6, 6.07) is 0. The molecule has 0 aliphatic heterocycles. The third-order valence-corrected chi connectivity index (χ3v) is 0.201. The standard InChI is InChI=1S/C3H5NO.CHNO/c1-2-3(4)5;2-1-3/h2H,1H2,(H2,4,5);2H. The van der Waals surface area contributed by atoms with Gasteiger partial charge in [0.1, 0.15) is 0 Å². The van der Waals surface area contributed by atoms with Crippen molar-refractivity contribution in [3.8, 4) is 0 Å². The van der Waals surface area contributed by atoms with E-state index in [4.69, 9.17) is 10.2 Å². The molecule has 0 aromatic carbocycles. The number of nitrogens with two attached hydrogens (primary N) is 1. The van der Waals surface area contributed by atoms with Crippen molar-refractivity contribution in [2.45, 2.75) is 0 Å². The van der Waals surface area contributed by atoms with Gasteiger partial charge in [0, 0.05) is 0 Å². The molecule has 0 aliphatic carbocycles. The van der Waals surface area contributed by atoms with Crippen molar-refractivity contribution in [2.75, 3.05) is 0 Å². The number of carbonyl (C=O) groups excluding carboxylic acids is 2. The molecule has 0 rings (SSSR count). The summed E-state index contributed by atoms with van der Waals surface area (Å²) in [6.07, 6.45) is 1.81. The molecule has 0 atom stereocenters. The number of hydrogen-bond acceptors (Lipinski definition) is 3. The first-order valence-corrected chi connectivity index (χ1v) is 1.64. The fraction of sp³-hybridized carbons (Fsp3) is 0. The number of rotatable bonds is 1. The van der Waals surface area contributed by atoms with Crippen LogP contribution in [0.4, 0.5) is 0 Å². The smallest absolute Gasteiger partial charge is 0.240 e. The van der Waals surface area contributed by atoms with Crippen LogP contribution in [0.15, 0.2) is 12.7 Å². The van der Waals surface area contributed by atoms with Gasteiger partial charge in [0.2, 0.25) is 12.0 Å². The summed E-state index contributed by atoms with van der Waals surface area (Å²) in [5.41, 5.74) is 4.53. The lowest BCUT2D eigenvalue weighted by molar-refractivity contribution is -0.113. The Bertz CT molecular complexity index is 113. The van der Waals surface area contributed by atoms with Crippen molar-refractivity contribution in [3.63, 3.8) is 0 Å². The van der Waals surface area contributed by atoms with E-state index in [0.29, 0.717) is 0 Å². The van der Waals surface area contributed by atoms with Crippen LogP contribution in [0.25, 0.3) is 0 Å². The highest BCUT2D eigenvalue weighted by atomic mass is 16.1. The first kappa shape index (κ1) is 9.77. The van der Waals surface area contributed by atoms with E-state index in [2.05, 4.69) is 12.3 Å². The molecule has 0 heterocycles. The molecular weight excluding hydrogens is 108 g/mol. The number of primary amides is 1. The average molecular weight is 114 g/mol. The van der Waals surface area contributed by atoms with E-state index >= 15 is 0 Å². The number of nitrogens with one attached hydrogen (secondary N) is 1. The molecule has 0 aromatic heterocycles. The Balaban J connectivity index is 0. The molecule has 3 N–H and O–H groups in total. The zero-order chi connectivity index (χ0) is 6.99. The van der Waals surface area contributed by atoms with E-state index < -0.39 is 5.91 Å². The minimum atomic E-state index is -0.481. The van der Waals surface area contributed by atoms with Crippen molar-refractivity contribution in [2.24, 2.45) is 5.73 Å². The Morgan fingerprint density at radius 1 is 1.88 bits per heavy atom. The first-order chi connectivity index (χ1) is 3.68. The number of hydrogen-bond donors (Lipinski definition) is 2. The maximum absolute atomic E-state index is 9.47. The number of isocyanates is 1. The van der Waals surface area contributed by atoms with E-state index in [1.807, 2.05) is 0 Å². The fourth-order valence-electron chi connectivity index (χ4n) is 0. The highest BCUT2D eigenvalue weighted by Gasteiger charge is 1.69. The van der Waals surface area contributed by atoms with Crippen LogP contribution in [-0.2, 0) is 9.59 Å². The van der Waals surface area contributed by atoms with E-state index in [9.17, 15) is 4.79 Å². The second-order valence-electron chi connectivity index (χ2n) is 0.709. The molecule has 1 amide bonds. The summed E-state index contributed by atoms with van der Waals surface area (Å²) in [7, 11) is 0. The zero-order valence-electron chi connectivity index (χ0n) is 4.18. The molecule has 0 radical (unpaired) electrons. The molecule has 0 saturated heterocycles. The molecule has 4 heteroatoms. The molecule has 0 unspecified atom stereocenters. The van der Waals surface area contributed by atoms with Crippen LogP contribution in [0.2, 0.25) is 0 Å².